The van der Waals surface area contributed by atoms with Gasteiger partial charge in [0.05, 0.1) is 0 Å². The molecule has 3 atom stereocenters. The van der Waals surface area contributed by atoms with Crippen LogP contribution in [0.1, 0.15) is 82.7 Å². The van der Waals surface area contributed by atoms with Crippen molar-refractivity contribution in [2.24, 2.45) is 5.73 Å². The summed E-state index contributed by atoms with van der Waals surface area (Å²) in [6.45, 7) is 17.6. The van der Waals surface area contributed by atoms with Crippen molar-refractivity contribution in [3.63, 3.8) is 0 Å². The molecular weight excluding hydrogens is 600 g/mol. The van der Waals surface area contributed by atoms with Crippen LogP contribution in [0.4, 0.5) is 4.79 Å². The lowest BCUT2D eigenvalue weighted by atomic mass is 9.94. The minimum Gasteiger partial charge on any atom is -0.458 e. The van der Waals surface area contributed by atoms with Gasteiger partial charge in [0.1, 0.15) is 29.3 Å². The van der Waals surface area contributed by atoms with Gasteiger partial charge in [-0.3, -0.25) is 14.4 Å². The molecule has 2 aromatic carbocycles. The number of rotatable bonds is 14. The van der Waals surface area contributed by atoms with Crippen LogP contribution in [0.5, 0.6) is 0 Å². The molecule has 11 nitrogen and oxygen atoms in total. The number of aryl methyl sites for hydroxylation is 1. The summed E-state index contributed by atoms with van der Waals surface area (Å²) in [5.41, 5.74) is 6.63. The second kappa shape index (κ2) is 16.8. The Morgan fingerprint density at radius 1 is 0.872 bits per heavy atom. The van der Waals surface area contributed by atoms with E-state index in [1.54, 1.807) is 53.7 Å². The number of hydrogen-bond donors (Lipinski definition) is 3. The highest BCUT2D eigenvalue weighted by Gasteiger charge is 2.38. The Morgan fingerprint density at radius 2 is 1.49 bits per heavy atom. The molecule has 0 saturated heterocycles. The Kier molecular flexibility index (Phi) is 13.7. The maximum absolute atomic E-state index is 14.5. The third kappa shape index (κ3) is 12.6. The third-order valence-electron chi connectivity index (χ3n) is 7.07. The van der Waals surface area contributed by atoms with Crippen LogP contribution in [0.2, 0.25) is 0 Å². The zero-order valence-corrected chi connectivity index (χ0v) is 28.8. The average Bonchev–Trinajstić information content (AvgIpc) is 2.95. The number of nitrogens with zero attached hydrogens (tertiary/aromatic N) is 1. The minimum absolute atomic E-state index is 0.108. The van der Waals surface area contributed by atoms with Gasteiger partial charge in [-0.05, 0) is 84.1 Å². The van der Waals surface area contributed by atoms with Crippen molar-refractivity contribution in [3.05, 3.63) is 83.4 Å². The lowest BCUT2D eigenvalue weighted by Crippen LogP contribution is -2.55. The first-order valence-corrected chi connectivity index (χ1v) is 15.7. The lowest BCUT2D eigenvalue weighted by Gasteiger charge is -2.35. The van der Waals surface area contributed by atoms with Gasteiger partial charge in [0.25, 0.3) is 0 Å². The number of primary amides is 1. The second-order valence-corrected chi connectivity index (χ2v) is 13.5. The van der Waals surface area contributed by atoms with Gasteiger partial charge in [0.2, 0.25) is 17.7 Å². The number of carbonyl (C=O) groups is 5. The molecular formula is C36H50N4O7. The molecule has 0 aromatic heterocycles. The summed E-state index contributed by atoms with van der Waals surface area (Å²) >= 11 is 0. The van der Waals surface area contributed by atoms with E-state index in [0.717, 1.165) is 16.7 Å². The molecule has 0 bridgehead atoms. The first-order chi connectivity index (χ1) is 21.8. The van der Waals surface area contributed by atoms with Crippen LogP contribution in [0.25, 0.3) is 0 Å². The molecule has 0 spiro atoms. The van der Waals surface area contributed by atoms with E-state index in [1.807, 2.05) is 50.2 Å². The van der Waals surface area contributed by atoms with Crippen molar-refractivity contribution in [2.45, 2.75) is 104 Å². The fourth-order valence-corrected chi connectivity index (χ4v) is 4.84. The molecule has 0 aliphatic rings. The molecule has 3 unspecified atom stereocenters. The molecule has 0 heterocycles. The Morgan fingerprint density at radius 3 is 2.04 bits per heavy atom. The SMILES string of the molecule is C=CCN(C(=O)C(CCC(N)=O)NC(=O)OC(C)(C)C)C(C(=O)NC(Cc1ccccc1)C(=O)OC(C)(C)C)c1cccc(C)c1C. The first kappa shape index (κ1) is 38.5. The number of amides is 4. The van der Waals surface area contributed by atoms with E-state index in [9.17, 15) is 24.0 Å². The molecule has 0 aliphatic carbocycles. The molecule has 256 valence electrons. The summed E-state index contributed by atoms with van der Waals surface area (Å²) in [7, 11) is 0. The fourth-order valence-electron chi connectivity index (χ4n) is 4.84. The Hall–Kier alpha value is -4.67. The molecule has 0 saturated carbocycles. The third-order valence-corrected chi connectivity index (χ3v) is 7.07. The topological polar surface area (TPSA) is 157 Å². The number of carbonyl (C=O) groups excluding carboxylic acids is 5. The minimum atomic E-state index is -1.27. The average molecular weight is 651 g/mol. The van der Waals surface area contributed by atoms with Gasteiger partial charge in [-0.1, -0.05) is 54.6 Å². The molecule has 0 radical (unpaired) electrons. The van der Waals surface area contributed by atoms with Crippen LogP contribution in [0, 0.1) is 13.8 Å². The number of benzene rings is 2. The van der Waals surface area contributed by atoms with E-state index in [4.69, 9.17) is 15.2 Å². The molecule has 2 aromatic rings. The summed E-state index contributed by atoms with van der Waals surface area (Å²) < 4.78 is 11.1. The molecule has 0 aliphatic heterocycles. The maximum Gasteiger partial charge on any atom is 0.408 e. The summed E-state index contributed by atoms with van der Waals surface area (Å²) in [6.07, 6.45) is 0.359. The molecule has 2 rings (SSSR count). The Labute approximate surface area is 278 Å². The summed E-state index contributed by atoms with van der Waals surface area (Å²) in [6, 6.07) is 10.9. The quantitative estimate of drug-likeness (QED) is 0.199. The van der Waals surface area contributed by atoms with Crippen molar-refractivity contribution < 1.29 is 33.4 Å². The van der Waals surface area contributed by atoms with Crippen molar-refractivity contribution in [1.82, 2.24) is 15.5 Å². The Balaban J connectivity index is 2.65. The molecule has 47 heavy (non-hydrogen) atoms. The van der Waals surface area contributed by atoms with Crippen LogP contribution < -0.4 is 16.4 Å². The highest BCUT2D eigenvalue weighted by Crippen LogP contribution is 2.28. The van der Waals surface area contributed by atoms with Crippen molar-refractivity contribution in [1.29, 1.82) is 0 Å². The van der Waals surface area contributed by atoms with E-state index in [-0.39, 0.29) is 25.8 Å². The van der Waals surface area contributed by atoms with Gasteiger partial charge < -0.3 is 30.7 Å². The van der Waals surface area contributed by atoms with E-state index < -0.39 is 59.1 Å². The number of ether oxygens (including phenoxy) is 2. The smallest absolute Gasteiger partial charge is 0.408 e. The van der Waals surface area contributed by atoms with E-state index in [1.165, 1.54) is 11.0 Å². The fraction of sp³-hybridized carbons (Fsp3) is 0.472. The van der Waals surface area contributed by atoms with E-state index >= 15 is 0 Å². The monoisotopic (exact) mass is 650 g/mol. The predicted octanol–water partition coefficient (Wildman–Crippen LogP) is 4.59. The molecule has 4 N–H and O–H groups in total. The van der Waals surface area contributed by atoms with Gasteiger partial charge in [-0.25, -0.2) is 9.59 Å². The molecule has 0 fully saturated rings. The van der Waals surface area contributed by atoms with Gasteiger partial charge in [-0.15, -0.1) is 6.58 Å². The van der Waals surface area contributed by atoms with Crippen LogP contribution in [-0.2, 0) is 35.1 Å². The summed E-state index contributed by atoms with van der Waals surface area (Å²) in [5, 5.41) is 5.42. The highest BCUT2D eigenvalue weighted by atomic mass is 16.6. The number of nitrogens with two attached hydrogens (primary N) is 1. The Bertz CT molecular complexity index is 1430. The van der Waals surface area contributed by atoms with Crippen molar-refractivity contribution >= 4 is 29.8 Å². The van der Waals surface area contributed by atoms with Crippen LogP contribution in [-0.4, -0.2) is 64.5 Å². The van der Waals surface area contributed by atoms with Crippen LogP contribution >= 0.6 is 0 Å². The van der Waals surface area contributed by atoms with Crippen LogP contribution in [0.3, 0.4) is 0 Å². The summed E-state index contributed by atoms with van der Waals surface area (Å²) in [4.78, 5) is 68.1. The van der Waals surface area contributed by atoms with Crippen molar-refractivity contribution in [2.75, 3.05) is 6.54 Å². The molecule has 4 amide bonds. The second-order valence-electron chi connectivity index (χ2n) is 13.5. The van der Waals surface area contributed by atoms with Gasteiger partial charge >= 0.3 is 12.1 Å². The van der Waals surface area contributed by atoms with E-state index in [2.05, 4.69) is 17.2 Å². The van der Waals surface area contributed by atoms with Gasteiger partial charge in [-0.2, -0.15) is 0 Å². The van der Waals surface area contributed by atoms with E-state index in [0.29, 0.717) is 5.56 Å². The maximum atomic E-state index is 14.5. The van der Waals surface area contributed by atoms with Gasteiger partial charge in [0.15, 0.2) is 0 Å². The zero-order valence-electron chi connectivity index (χ0n) is 28.8. The summed E-state index contributed by atoms with van der Waals surface area (Å²) in [5.74, 6) is -2.63. The highest BCUT2D eigenvalue weighted by molar-refractivity contribution is 5.94. The normalized spacial score (nSPS) is 13.4. The number of alkyl carbamates (subject to hydrolysis) is 1. The molecule has 11 heteroatoms. The van der Waals surface area contributed by atoms with Crippen molar-refractivity contribution in [3.8, 4) is 0 Å². The number of esters is 1. The standard InChI is InChI=1S/C36H50N4O7/c1-10-21-40(32(43)27(19-20-29(37)41)39-34(45)47-36(7,8)9)30(26-18-14-15-23(2)24(26)3)31(42)38-28(33(44)46-35(4,5)6)22-25-16-12-11-13-17-25/h10-18,27-28,30H,1,19-22H2,2-9H3,(H2,37,41)(H,38,42)(H,39,45). The van der Waals surface area contributed by atoms with Gasteiger partial charge in [0, 0.05) is 19.4 Å². The van der Waals surface area contributed by atoms with Crippen LogP contribution in [0.15, 0.2) is 61.2 Å². The lowest BCUT2D eigenvalue weighted by molar-refractivity contribution is -0.159. The zero-order chi connectivity index (χ0) is 35.5. The first-order valence-electron chi connectivity index (χ1n) is 15.7. The number of hydrogen-bond acceptors (Lipinski definition) is 7. The number of nitrogens with one attached hydrogen (secondary N) is 2. The largest absolute Gasteiger partial charge is 0.458 e. The predicted molar refractivity (Wildman–Crippen MR) is 180 cm³/mol.